The summed E-state index contributed by atoms with van der Waals surface area (Å²) in [6, 6.07) is 12.6. The van der Waals surface area contributed by atoms with Crippen LogP contribution in [0.15, 0.2) is 74.8 Å². The molecule has 6 nitrogen and oxygen atoms in total. The van der Waals surface area contributed by atoms with Gasteiger partial charge in [-0.2, -0.15) is 0 Å². The molecule has 0 aliphatic carbocycles. The number of hydrogen-bond donors (Lipinski definition) is 0. The van der Waals surface area contributed by atoms with Crippen molar-refractivity contribution in [2.45, 2.75) is 18.0 Å². The number of rotatable bonds is 7. The summed E-state index contributed by atoms with van der Waals surface area (Å²) in [6.45, 7) is 0.283. The molecule has 3 rings (SSSR count). The normalized spacial score (nSPS) is 11.4. The molecular weight excluding hydrogens is 378 g/mol. The SMILES string of the molecule is O=C(CS(=O)(=O)c1ccc(Cl)cc1)N(Cc1ccco1)Cc1ccco1. The largest absolute Gasteiger partial charge is 0.467 e. The van der Waals surface area contributed by atoms with Crippen molar-refractivity contribution in [3.63, 3.8) is 0 Å². The summed E-state index contributed by atoms with van der Waals surface area (Å²) >= 11 is 5.79. The van der Waals surface area contributed by atoms with Crippen molar-refractivity contribution < 1.29 is 22.0 Å². The Balaban J connectivity index is 1.78. The zero-order chi connectivity index (χ0) is 18.6. The summed E-state index contributed by atoms with van der Waals surface area (Å²) in [7, 11) is -3.79. The molecule has 0 atom stereocenters. The van der Waals surface area contributed by atoms with Gasteiger partial charge in [0.05, 0.1) is 30.5 Å². The highest BCUT2D eigenvalue weighted by atomic mass is 35.5. The average molecular weight is 394 g/mol. The molecule has 0 fully saturated rings. The first-order chi connectivity index (χ1) is 12.4. The van der Waals surface area contributed by atoms with Crippen LogP contribution in [0.2, 0.25) is 5.02 Å². The number of benzene rings is 1. The first kappa shape index (κ1) is 18.3. The maximum atomic E-state index is 12.7. The molecule has 0 radical (unpaired) electrons. The third-order valence-corrected chi connectivity index (χ3v) is 5.56. The van der Waals surface area contributed by atoms with E-state index in [1.165, 1.54) is 41.7 Å². The van der Waals surface area contributed by atoms with E-state index in [-0.39, 0.29) is 18.0 Å². The Morgan fingerprint density at radius 3 is 1.92 bits per heavy atom. The first-order valence-corrected chi connectivity index (χ1v) is 9.78. The second-order valence-electron chi connectivity index (χ2n) is 5.62. The third-order valence-electron chi connectivity index (χ3n) is 3.69. The summed E-state index contributed by atoms with van der Waals surface area (Å²) in [4.78, 5) is 14.1. The van der Waals surface area contributed by atoms with Crippen LogP contribution in [0.5, 0.6) is 0 Å². The van der Waals surface area contributed by atoms with Gasteiger partial charge < -0.3 is 13.7 Å². The zero-order valence-corrected chi connectivity index (χ0v) is 15.2. The van der Waals surface area contributed by atoms with E-state index in [1.54, 1.807) is 24.3 Å². The van der Waals surface area contributed by atoms with Crippen LogP contribution < -0.4 is 0 Å². The Morgan fingerprint density at radius 2 is 1.46 bits per heavy atom. The Bertz CT molecular complexity index is 911. The summed E-state index contributed by atoms with van der Waals surface area (Å²) < 4.78 is 35.6. The molecule has 0 unspecified atom stereocenters. The van der Waals surface area contributed by atoms with E-state index in [0.717, 1.165) is 0 Å². The first-order valence-electron chi connectivity index (χ1n) is 7.75. The molecule has 1 amide bonds. The van der Waals surface area contributed by atoms with Crippen LogP contribution in [0, 0.1) is 0 Å². The number of amides is 1. The fourth-order valence-electron chi connectivity index (χ4n) is 2.39. The molecule has 0 saturated heterocycles. The maximum Gasteiger partial charge on any atom is 0.238 e. The highest BCUT2D eigenvalue weighted by Crippen LogP contribution is 2.17. The van der Waals surface area contributed by atoms with E-state index in [4.69, 9.17) is 20.4 Å². The van der Waals surface area contributed by atoms with Crippen LogP contribution >= 0.6 is 11.6 Å². The standard InChI is InChI=1S/C18H16ClNO5S/c19-14-5-7-17(8-6-14)26(22,23)13-18(21)20(11-15-3-1-9-24-15)12-16-4-2-10-25-16/h1-10H,11-13H2. The van der Waals surface area contributed by atoms with Crippen molar-refractivity contribution in [3.05, 3.63) is 77.6 Å². The number of hydrogen-bond acceptors (Lipinski definition) is 5. The van der Waals surface area contributed by atoms with Crippen molar-refractivity contribution in [2.75, 3.05) is 5.75 Å². The molecular formula is C18H16ClNO5S. The van der Waals surface area contributed by atoms with E-state index in [2.05, 4.69) is 0 Å². The van der Waals surface area contributed by atoms with Crippen molar-refractivity contribution in [3.8, 4) is 0 Å². The Morgan fingerprint density at radius 1 is 0.923 bits per heavy atom. The van der Waals surface area contributed by atoms with Crippen LogP contribution in [-0.2, 0) is 27.7 Å². The summed E-state index contributed by atoms with van der Waals surface area (Å²) in [5, 5.41) is 0.424. The minimum atomic E-state index is -3.79. The zero-order valence-electron chi connectivity index (χ0n) is 13.7. The number of carbonyl (C=O) groups is 1. The summed E-state index contributed by atoms with van der Waals surface area (Å²) in [5.41, 5.74) is 0. The number of halogens is 1. The second kappa shape index (κ2) is 7.80. The lowest BCUT2D eigenvalue weighted by molar-refractivity contribution is -0.130. The minimum absolute atomic E-state index is 0.0474. The molecule has 1 aromatic carbocycles. The smallest absolute Gasteiger partial charge is 0.238 e. The monoisotopic (exact) mass is 393 g/mol. The second-order valence-corrected chi connectivity index (χ2v) is 8.05. The number of carbonyl (C=O) groups excluding carboxylic acids is 1. The van der Waals surface area contributed by atoms with E-state index in [0.29, 0.717) is 16.5 Å². The topological polar surface area (TPSA) is 80.7 Å². The van der Waals surface area contributed by atoms with Gasteiger partial charge >= 0.3 is 0 Å². The Hall–Kier alpha value is -2.51. The quantitative estimate of drug-likeness (QED) is 0.613. The van der Waals surface area contributed by atoms with E-state index in [1.807, 2.05) is 0 Å². The molecule has 3 aromatic rings. The number of sulfone groups is 1. The average Bonchev–Trinajstić information content (AvgIpc) is 3.28. The van der Waals surface area contributed by atoms with Crippen LogP contribution in [-0.4, -0.2) is 25.0 Å². The highest BCUT2D eigenvalue weighted by Gasteiger charge is 2.25. The van der Waals surface area contributed by atoms with Gasteiger partial charge in [-0.3, -0.25) is 4.79 Å². The Labute approximate surface area is 155 Å². The molecule has 136 valence electrons. The molecule has 2 heterocycles. The van der Waals surface area contributed by atoms with Crippen molar-refractivity contribution in [1.82, 2.24) is 4.90 Å². The molecule has 0 aliphatic heterocycles. The predicted octanol–water partition coefficient (Wildman–Crippen LogP) is 3.53. The molecule has 0 saturated carbocycles. The van der Waals surface area contributed by atoms with Crippen LogP contribution in [0.3, 0.4) is 0 Å². The van der Waals surface area contributed by atoms with Crippen LogP contribution in [0.25, 0.3) is 0 Å². The van der Waals surface area contributed by atoms with Crippen molar-refractivity contribution in [2.24, 2.45) is 0 Å². The predicted molar refractivity (Wildman–Crippen MR) is 95.2 cm³/mol. The third kappa shape index (κ3) is 4.56. The molecule has 8 heteroatoms. The minimum Gasteiger partial charge on any atom is -0.467 e. The summed E-state index contributed by atoms with van der Waals surface area (Å²) in [6.07, 6.45) is 2.99. The molecule has 0 N–H and O–H groups in total. The maximum absolute atomic E-state index is 12.7. The van der Waals surface area contributed by atoms with E-state index in [9.17, 15) is 13.2 Å². The van der Waals surface area contributed by atoms with Gasteiger partial charge in [-0.1, -0.05) is 11.6 Å². The lowest BCUT2D eigenvalue weighted by Crippen LogP contribution is -2.34. The van der Waals surface area contributed by atoms with Gasteiger partial charge in [0, 0.05) is 5.02 Å². The van der Waals surface area contributed by atoms with Gasteiger partial charge in [-0.05, 0) is 48.5 Å². The van der Waals surface area contributed by atoms with Crippen molar-refractivity contribution >= 4 is 27.3 Å². The lowest BCUT2D eigenvalue weighted by atomic mass is 10.3. The van der Waals surface area contributed by atoms with E-state index < -0.39 is 21.5 Å². The van der Waals surface area contributed by atoms with Gasteiger partial charge in [-0.25, -0.2) is 8.42 Å². The van der Waals surface area contributed by atoms with Crippen LogP contribution in [0.4, 0.5) is 0 Å². The van der Waals surface area contributed by atoms with Crippen LogP contribution in [0.1, 0.15) is 11.5 Å². The number of nitrogens with zero attached hydrogens (tertiary/aromatic N) is 1. The van der Waals surface area contributed by atoms with Crippen molar-refractivity contribution in [1.29, 1.82) is 0 Å². The Kier molecular flexibility index (Phi) is 5.49. The highest BCUT2D eigenvalue weighted by molar-refractivity contribution is 7.92. The molecule has 0 aliphatic rings. The fraction of sp³-hybridized carbons (Fsp3) is 0.167. The number of furan rings is 2. The molecule has 0 spiro atoms. The molecule has 2 aromatic heterocycles. The van der Waals surface area contributed by atoms with Gasteiger partial charge in [-0.15, -0.1) is 0 Å². The van der Waals surface area contributed by atoms with Gasteiger partial charge in [0.1, 0.15) is 17.3 Å². The molecule has 26 heavy (non-hydrogen) atoms. The lowest BCUT2D eigenvalue weighted by Gasteiger charge is -2.20. The van der Waals surface area contributed by atoms with Gasteiger partial charge in [0.25, 0.3) is 0 Å². The van der Waals surface area contributed by atoms with Gasteiger partial charge in [0.2, 0.25) is 5.91 Å². The summed E-state index contributed by atoms with van der Waals surface area (Å²) in [5.74, 6) is -0.105. The fourth-order valence-corrected chi connectivity index (χ4v) is 3.74. The van der Waals surface area contributed by atoms with Gasteiger partial charge in [0.15, 0.2) is 9.84 Å². The van der Waals surface area contributed by atoms with E-state index >= 15 is 0 Å². The molecule has 0 bridgehead atoms.